The van der Waals surface area contributed by atoms with Crippen LogP contribution in [-0.4, -0.2) is 39.2 Å². The van der Waals surface area contributed by atoms with Crippen LogP contribution >= 0.6 is 10.7 Å². The number of benzene rings is 1. The van der Waals surface area contributed by atoms with E-state index in [-0.39, 0.29) is 24.1 Å². The summed E-state index contributed by atoms with van der Waals surface area (Å²) in [5.74, 6) is -1.08. The first-order valence-corrected chi connectivity index (χ1v) is 8.51. The molecule has 0 aliphatic carbocycles. The second kappa shape index (κ2) is 5.94. The largest absolute Gasteiger partial charge is 0.465 e. The Kier molecular flexibility index (Phi) is 4.39. The molecule has 1 heterocycles. The maximum absolute atomic E-state index is 11.9. The van der Waals surface area contributed by atoms with Gasteiger partial charge in [-0.2, -0.15) is 5.26 Å². The standard InChI is InChI=1S/C13H11ClN2O5S/c1-21-13(18)11-3-2-9(4-8(11)6-15)16-7-10(5-12(16)17)22(14,19)20/h2-4,10H,5,7H2,1H3. The third-order valence-corrected chi connectivity index (χ3v) is 5.20. The van der Waals surface area contributed by atoms with Crippen LogP contribution in [0.2, 0.25) is 0 Å². The van der Waals surface area contributed by atoms with E-state index in [1.165, 1.54) is 30.2 Å². The Labute approximate surface area is 131 Å². The third-order valence-electron chi connectivity index (χ3n) is 3.33. The molecule has 1 atom stereocenters. The molecule has 1 saturated heterocycles. The van der Waals surface area contributed by atoms with Gasteiger partial charge in [-0.3, -0.25) is 4.79 Å². The van der Waals surface area contributed by atoms with Gasteiger partial charge in [0, 0.05) is 29.3 Å². The number of ether oxygens (including phenoxy) is 1. The van der Waals surface area contributed by atoms with E-state index in [4.69, 9.17) is 15.9 Å². The predicted octanol–water partition coefficient (Wildman–Crippen LogP) is 1.02. The number of hydrogen-bond acceptors (Lipinski definition) is 6. The summed E-state index contributed by atoms with van der Waals surface area (Å²) in [7, 11) is 2.63. The molecule has 0 N–H and O–H groups in total. The number of methoxy groups -OCH3 is 1. The molecule has 2 rings (SSSR count). The van der Waals surface area contributed by atoms with Crippen LogP contribution in [-0.2, 0) is 18.6 Å². The molecule has 1 unspecified atom stereocenters. The van der Waals surface area contributed by atoms with Crippen molar-refractivity contribution in [2.45, 2.75) is 11.7 Å². The van der Waals surface area contributed by atoms with Gasteiger partial charge >= 0.3 is 5.97 Å². The monoisotopic (exact) mass is 342 g/mol. The fourth-order valence-corrected chi connectivity index (χ4v) is 3.22. The molecule has 0 radical (unpaired) electrons. The highest BCUT2D eigenvalue weighted by atomic mass is 35.7. The maximum Gasteiger partial charge on any atom is 0.339 e. The minimum atomic E-state index is -3.85. The lowest BCUT2D eigenvalue weighted by Gasteiger charge is -2.17. The minimum Gasteiger partial charge on any atom is -0.465 e. The average molecular weight is 343 g/mol. The Hall–Kier alpha value is -2.11. The van der Waals surface area contributed by atoms with Gasteiger partial charge in [0.2, 0.25) is 15.0 Å². The van der Waals surface area contributed by atoms with Gasteiger partial charge in [0.05, 0.1) is 18.2 Å². The first kappa shape index (κ1) is 16.3. The highest BCUT2D eigenvalue weighted by molar-refractivity contribution is 8.14. The van der Waals surface area contributed by atoms with E-state index in [1.54, 1.807) is 0 Å². The molecule has 9 heteroatoms. The van der Waals surface area contributed by atoms with Crippen molar-refractivity contribution >= 4 is 37.3 Å². The predicted molar refractivity (Wildman–Crippen MR) is 78.0 cm³/mol. The van der Waals surface area contributed by atoms with Gasteiger partial charge in [-0.05, 0) is 18.2 Å². The van der Waals surface area contributed by atoms with E-state index < -0.39 is 26.2 Å². The molecular weight excluding hydrogens is 332 g/mol. The summed E-state index contributed by atoms with van der Waals surface area (Å²) in [6, 6.07) is 6.00. The van der Waals surface area contributed by atoms with E-state index >= 15 is 0 Å². The van der Waals surface area contributed by atoms with Crippen LogP contribution in [0.5, 0.6) is 0 Å². The van der Waals surface area contributed by atoms with Crippen LogP contribution in [0.15, 0.2) is 18.2 Å². The van der Waals surface area contributed by atoms with Gasteiger partial charge < -0.3 is 9.64 Å². The van der Waals surface area contributed by atoms with Crippen LogP contribution in [0.4, 0.5) is 5.69 Å². The van der Waals surface area contributed by atoms with Crippen molar-refractivity contribution in [1.29, 1.82) is 5.26 Å². The molecule has 1 aromatic rings. The Balaban J connectivity index is 2.37. The van der Waals surface area contributed by atoms with E-state index in [0.717, 1.165) is 0 Å². The zero-order chi connectivity index (χ0) is 16.5. The number of rotatable bonds is 3. The number of amides is 1. The number of nitrogens with zero attached hydrogens (tertiary/aromatic N) is 2. The molecule has 0 spiro atoms. The van der Waals surface area contributed by atoms with Gasteiger partial charge in [0.25, 0.3) is 0 Å². The number of anilines is 1. The maximum atomic E-state index is 11.9. The van der Waals surface area contributed by atoms with Crippen LogP contribution in [0, 0.1) is 11.3 Å². The molecule has 116 valence electrons. The second-order valence-corrected chi connectivity index (χ2v) is 7.55. The van der Waals surface area contributed by atoms with Gasteiger partial charge in [-0.15, -0.1) is 0 Å². The van der Waals surface area contributed by atoms with Gasteiger partial charge in [0.1, 0.15) is 11.3 Å². The fourth-order valence-electron chi connectivity index (χ4n) is 2.19. The molecule has 1 amide bonds. The Bertz CT molecular complexity index is 784. The lowest BCUT2D eigenvalue weighted by atomic mass is 10.1. The summed E-state index contributed by atoms with van der Waals surface area (Å²) < 4.78 is 27.2. The molecule has 1 aliphatic rings. The van der Waals surface area contributed by atoms with Crippen LogP contribution in [0.1, 0.15) is 22.3 Å². The van der Waals surface area contributed by atoms with Gasteiger partial charge in [-0.25, -0.2) is 13.2 Å². The topological polar surface area (TPSA) is 105 Å². The fraction of sp³-hybridized carbons (Fsp3) is 0.308. The van der Waals surface area contributed by atoms with Crippen LogP contribution in [0.3, 0.4) is 0 Å². The van der Waals surface area contributed by atoms with E-state index in [0.29, 0.717) is 5.69 Å². The van der Waals surface area contributed by atoms with Crippen molar-refractivity contribution in [2.75, 3.05) is 18.6 Å². The zero-order valence-corrected chi connectivity index (χ0v) is 13.0. The van der Waals surface area contributed by atoms with Crippen molar-refractivity contribution < 1.29 is 22.7 Å². The zero-order valence-electron chi connectivity index (χ0n) is 11.4. The highest BCUT2D eigenvalue weighted by Crippen LogP contribution is 2.28. The molecule has 0 aromatic heterocycles. The smallest absolute Gasteiger partial charge is 0.339 e. The second-order valence-electron chi connectivity index (χ2n) is 4.64. The summed E-state index contributed by atoms with van der Waals surface area (Å²) in [5, 5.41) is 8.11. The number of carbonyl (C=O) groups excluding carboxylic acids is 2. The Morgan fingerprint density at radius 2 is 2.18 bits per heavy atom. The molecule has 1 aliphatic heterocycles. The molecule has 7 nitrogen and oxygen atoms in total. The molecular formula is C13H11ClN2O5S. The summed E-state index contributed by atoms with van der Waals surface area (Å²) in [6.07, 6.45) is -0.216. The molecule has 1 fully saturated rings. The Morgan fingerprint density at radius 3 is 2.68 bits per heavy atom. The van der Waals surface area contributed by atoms with Crippen molar-refractivity contribution in [3.8, 4) is 6.07 Å². The molecule has 22 heavy (non-hydrogen) atoms. The first-order valence-electron chi connectivity index (χ1n) is 6.14. The molecule has 1 aromatic carbocycles. The summed E-state index contributed by atoms with van der Waals surface area (Å²) in [4.78, 5) is 24.7. The highest BCUT2D eigenvalue weighted by Gasteiger charge is 2.38. The number of nitriles is 1. The minimum absolute atomic E-state index is 0.0364. The summed E-state index contributed by atoms with van der Waals surface area (Å²) in [5.41, 5.74) is 0.438. The van der Waals surface area contributed by atoms with E-state index in [2.05, 4.69) is 4.74 Å². The van der Waals surface area contributed by atoms with Crippen molar-refractivity contribution in [1.82, 2.24) is 0 Å². The number of halogens is 1. The first-order chi connectivity index (χ1) is 10.3. The van der Waals surface area contributed by atoms with Gasteiger partial charge in [-0.1, -0.05) is 0 Å². The number of hydrogen-bond donors (Lipinski definition) is 0. The quantitative estimate of drug-likeness (QED) is 0.600. The lowest BCUT2D eigenvalue weighted by molar-refractivity contribution is -0.117. The van der Waals surface area contributed by atoms with Crippen LogP contribution < -0.4 is 4.90 Å². The third kappa shape index (κ3) is 3.05. The average Bonchev–Trinajstić information content (AvgIpc) is 2.88. The molecule has 0 saturated carbocycles. The normalized spacial score (nSPS) is 18.1. The summed E-state index contributed by atoms with van der Waals surface area (Å²) in [6.45, 7) is -0.0902. The van der Waals surface area contributed by atoms with E-state index in [1.807, 2.05) is 6.07 Å². The van der Waals surface area contributed by atoms with Gasteiger partial charge in [0.15, 0.2) is 0 Å². The van der Waals surface area contributed by atoms with Crippen molar-refractivity contribution in [2.24, 2.45) is 0 Å². The molecule has 0 bridgehead atoms. The Morgan fingerprint density at radius 1 is 1.50 bits per heavy atom. The number of esters is 1. The lowest BCUT2D eigenvalue weighted by Crippen LogP contribution is -2.26. The van der Waals surface area contributed by atoms with E-state index in [9.17, 15) is 18.0 Å². The SMILES string of the molecule is COC(=O)c1ccc(N2CC(S(=O)(=O)Cl)CC2=O)cc1C#N. The van der Waals surface area contributed by atoms with Crippen molar-refractivity contribution in [3.05, 3.63) is 29.3 Å². The summed E-state index contributed by atoms with van der Waals surface area (Å²) >= 11 is 0. The number of carbonyl (C=O) groups is 2. The van der Waals surface area contributed by atoms with Crippen molar-refractivity contribution in [3.63, 3.8) is 0 Å². The van der Waals surface area contributed by atoms with Crippen LogP contribution in [0.25, 0.3) is 0 Å².